The molecule has 0 bridgehead atoms. The predicted octanol–water partition coefficient (Wildman–Crippen LogP) is 1.35. The Kier molecular flexibility index (Phi) is 4.02. The Bertz CT molecular complexity index is 599. The van der Waals surface area contributed by atoms with E-state index in [1.807, 2.05) is 30.3 Å². The Hall–Kier alpha value is -2.50. The summed E-state index contributed by atoms with van der Waals surface area (Å²) in [5, 5.41) is 9.20. The first kappa shape index (κ1) is 12.9. The average molecular weight is 263 g/mol. The maximum absolute atomic E-state index is 11.5. The number of ether oxygens (including phenoxy) is 1. The minimum Gasteiger partial charge on any atom is -0.479 e. The summed E-state index contributed by atoms with van der Waals surface area (Å²) >= 11 is 0. The first-order valence-electron chi connectivity index (χ1n) is 5.75. The zero-order valence-electron chi connectivity index (χ0n) is 10.1. The molecule has 2 aromatic rings. The Labute approximate surface area is 108 Å². The van der Waals surface area contributed by atoms with E-state index in [9.17, 15) is 14.7 Å². The Morgan fingerprint density at radius 3 is 2.68 bits per heavy atom. The number of aromatic hydroxyl groups is 1. The lowest BCUT2D eigenvalue weighted by Crippen LogP contribution is -2.06. The fourth-order valence-corrected chi connectivity index (χ4v) is 1.56. The highest BCUT2D eigenvalue weighted by Gasteiger charge is 2.11. The molecule has 0 atom stereocenters. The van der Waals surface area contributed by atoms with Crippen molar-refractivity contribution in [1.29, 1.82) is 0 Å². The molecule has 100 valence electrons. The van der Waals surface area contributed by atoms with Gasteiger partial charge in [-0.15, -0.1) is 0 Å². The maximum atomic E-state index is 11.5. The van der Waals surface area contributed by atoms with Crippen LogP contribution in [-0.4, -0.2) is 16.1 Å². The third-order valence-electron chi connectivity index (χ3n) is 2.52. The second-order valence-electron chi connectivity index (χ2n) is 3.94. The van der Waals surface area contributed by atoms with Crippen molar-refractivity contribution in [3.63, 3.8) is 0 Å². The fourth-order valence-electron chi connectivity index (χ4n) is 1.56. The molecule has 2 N–H and O–H groups in total. The van der Waals surface area contributed by atoms with E-state index in [0.717, 1.165) is 5.56 Å². The van der Waals surface area contributed by atoms with Gasteiger partial charge in [0.25, 0.3) is 0 Å². The molecule has 1 aromatic heterocycles. The summed E-state index contributed by atoms with van der Waals surface area (Å²) in [5.74, 6) is -1.64. The van der Waals surface area contributed by atoms with Crippen LogP contribution in [0, 0.1) is 0 Å². The van der Waals surface area contributed by atoms with Gasteiger partial charge in [0, 0.05) is 6.42 Å². The molecule has 0 aliphatic carbocycles. The number of oxazole rings is 1. The van der Waals surface area contributed by atoms with Crippen LogP contribution in [0.5, 0.6) is 5.95 Å². The molecular formula is C13H13NO5. The van der Waals surface area contributed by atoms with Gasteiger partial charge < -0.3 is 14.3 Å². The van der Waals surface area contributed by atoms with Crippen LogP contribution in [0.15, 0.2) is 39.5 Å². The largest absolute Gasteiger partial charge is 0.479 e. The number of aromatic amines is 1. The number of aromatic nitrogens is 1. The number of nitrogens with one attached hydrogen (secondary N) is 1. The van der Waals surface area contributed by atoms with Gasteiger partial charge in [-0.3, -0.25) is 9.78 Å². The van der Waals surface area contributed by atoms with Gasteiger partial charge in [0.1, 0.15) is 12.3 Å². The minimum atomic E-state index is -0.745. The number of benzene rings is 1. The molecule has 19 heavy (non-hydrogen) atoms. The molecule has 1 aromatic carbocycles. The molecule has 0 saturated heterocycles. The highest BCUT2D eigenvalue weighted by Crippen LogP contribution is 2.13. The second-order valence-corrected chi connectivity index (χ2v) is 3.94. The smallest absolute Gasteiger partial charge is 0.419 e. The van der Waals surface area contributed by atoms with E-state index in [0.29, 0.717) is 0 Å². The first-order chi connectivity index (χ1) is 9.15. The van der Waals surface area contributed by atoms with E-state index in [-0.39, 0.29) is 25.1 Å². The fraction of sp³-hybridized carbons (Fsp3) is 0.231. The van der Waals surface area contributed by atoms with Crippen LogP contribution in [0.3, 0.4) is 0 Å². The quantitative estimate of drug-likeness (QED) is 0.794. The molecule has 0 fully saturated rings. The zero-order chi connectivity index (χ0) is 13.7. The lowest BCUT2D eigenvalue weighted by molar-refractivity contribution is -0.144. The molecule has 6 nitrogen and oxygen atoms in total. The summed E-state index contributed by atoms with van der Waals surface area (Å²) < 4.78 is 9.42. The van der Waals surface area contributed by atoms with E-state index < -0.39 is 17.7 Å². The first-order valence-corrected chi connectivity index (χ1v) is 5.75. The van der Waals surface area contributed by atoms with Gasteiger partial charge in [0.05, 0.1) is 6.42 Å². The number of carbonyl (C=O) groups is 1. The van der Waals surface area contributed by atoms with E-state index in [1.165, 1.54) is 0 Å². The summed E-state index contributed by atoms with van der Waals surface area (Å²) in [7, 11) is 0. The van der Waals surface area contributed by atoms with Crippen LogP contribution in [-0.2, 0) is 22.6 Å². The monoisotopic (exact) mass is 263 g/mol. The third kappa shape index (κ3) is 3.74. The molecule has 0 aliphatic rings. The Morgan fingerprint density at radius 2 is 2.05 bits per heavy atom. The van der Waals surface area contributed by atoms with Crippen molar-refractivity contribution in [2.75, 3.05) is 0 Å². The third-order valence-corrected chi connectivity index (χ3v) is 2.52. The van der Waals surface area contributed by atoms with Gasteiger partial charge in [0.15, 0.2) is 0 Å². The topological polar surface area (TPSA) is 92.5 Å². The zero-order valence-corrected chi connectivity index (χ0v) is 10.1. The van der Waals surface area contributed by atoms with Crippen LogP contribution < -0.4 is 5.76 Å². The lowest BCUT2D eigenvalue weighted by atomic mass is 10.2. The van der Waals surface area contributed by atoms with Crippen molar-refractivity contribution in [2.45, 2.75) is 19.4 Å². The van der Waals surface area contributed by atoms with Crippen molar-refractivity contribution in [2.24, 2.45) is 0 Å². The molecule has 2 rings (SSSR count). The van der Waals surface area contributed by atoms with E-state index in [1.54, 1.807) is 0 Å². The van der Waals surface area contributed by atoms with Crippen LogP contribution >= 0.6 is 0 Å². The second kappa shape index (κ2) is 5.90. The lowest BCUT2D eigenvalue weighted by Gasteiger charge is -2.04. The van der Waals surface area contributed by atoms with Crippen LogP contribution in [0.1, 0.15) is 17.7 Å². The van der Waals surface area contributed by atoms with Crippen molar-refractivity contribution in [3.05, 3.63) is 52.1 Å². The van der Waals surface area contributed by atoms with Crippen molar-refractivity contribution < 1.29 is 19.1 Å². The molecule has 0 saturated carbocycles. The molecule has 0 unspecified atom stereocenters. The molecule has 0 spiro atoms. The van der Waals surface area contributed by atoms with Crippen molar-refractivity contribution in [3.8, 4) is 5.95 Å². The van der Waals surface area contributed by atoms with E-state index >= 15 is 0 Å². The number of hydrogen-bond acceptors (Lipinski definition) is 5. The van der Waals surface area contributed by atoms with Gasteiger partial charge in [0.2, 0.25) is 0 Å². The Morgan fingerprint density at radius 1 is 1.32 bits per heavy atom. The molecule has 6 heteroatoms. The van der Waals surface area contributed by atoms with Crippen LogP contribution in [0.2, 0.25) is 0 Å². The summed E-state index contributed by atoms with van der Waals surface area (Å²) in [4.78, 5) is 24.5. The number of carbonyl (C=O) groups excluding carboxylic acids is 1. The predicted molar refractivity (Wildman–Crippen MR) is 65.6 cm³/mol. The van der Waals surface area contributed by atoms with Gasteiger partial charge in [-0.2, -0.15) is 0 Å². The standard InChI is InChI=1S/C13H13NO5/c15-11(18-8-9-4-2-1-3-5-9)7-6-10-12(16)19-13(17)14-10/h1-5,16H,6-8H2,(H,14,17). The summed E-state index contributed by atoms with van der Waals surface area (Å²) in [6.45, 7) is 0.202. The number of rotatable bonds is 5. The van der Waals surface area contributed by atoms with Crippen LogP contribution in [0.4, 0.5) is 0 Å². The summed E-state index contributed by atoms with van der Waals surface area (Å²) in [5.41, 5.74) is 1.09. The molecule has 0 radical (unpaired) electrons. The number of hydrogen-bond donors (Lipinski definition) is 2. The number of aryl methyl sites for hydroxylation is 1. The van der Waals surface area contributed by atoms with Crippen molar-refractivity contribution in [1.82, 2.24) is 4.98 Å². The maximum Gasteiger partial charge on any atom is 0.419 e. The molecule has 0 amide bonds. The highest BCUT2D eigenvalue weighted by molar-refractivity contribution is 5.69. The summed E-state index contributed by atoms with van der Waals surface area (Å²) in [6, 6.07) is 9.30. The van der Waals surface area contributed by atoms with Gasteiger partial charge in [-0.05, 0) is 5.56 Å². The SMILES string of the molecule is O=C(CCc1[nH]c(=O)oc1O)OCc1ccccc1. The molecule has 0 aliphatic heterocycles. The normalized spacial score (nSPS) is 10.3. The average Bonchev–Trinajstić information content (AvgIpc) is 2.73. The molecule has 1 heterocycles. The van der Waals surface area contributed by atoms with Gasteiger partial charge >= 0.3 is 17.7 Å². The van der Waals surface area contributed by atoms with Gasteiger partial charge in [-0.25, -0.2) is 4.79 Å². The summed E-state index contributed by atoms with van der Waals surface area (Å²) in [6.07, 6.45) is 0.209. The van der Waals surface area contributed by atoms with Crippen molar-refractivity contribution >= 4 is 5.97 Å². The Balaban J connectivity index is 1.79. The minimum absolute atomic E-state index is 0.0515. The van der Waals surface area contributed by atoms with E-state index in [4.69, 9.17) is 4.74 Å². The highest BCUT2D eigenvalue weighted by atomic mass is 16.5. The molecular weight excluding hydrogens is 250 g/mol. The van der Waals surface area contributed by atoms with Gasteiger partial charge in [-0.1, -0.05) is 30.3 Å². The van der Waals surface area contributed by atoms with E-state index in [2.05, 4.69) is 9.40 Å². The van der Waals surface area contributed by atoms with Crippen LogP contribution in [0.25, 0.3) is 0 Å². The number of H-pyrrole nitrogens is 1. The number of esters is 1.